The van der Waals surface area contributed by atoms with E-state index in [4.69, 9.17) is 4.74 Å². The second kappa shape index (κ2) is 5.41. The third kappa shape index (κ3) is 3.32. The van der Waals surface area contributed by atoms with E-state index in [0.29, 0.717) is 5.88 Å². The van der Waals surface area contributed by atoms with Crippen molar-refractivity contribution in [3.63, 3.8) is 0 Å². The van der Waals surface area contributed by atoms with E-state index >= 15 is 0 Å². The minimum absolute atomic E-state index is 0.654. The van der Waals surface area contributed by atoms with Crippen LogP contribution in [0.5, 0.6) is 5.88 Å². The SMILES string of the molecule is CCCCNc1ccnc(OC)c1. The topological polar surface area (TPSA) is 34.2 Å². The molecule has 0 saturated carbocycles. The molecule has 1 rings (SSSR count). The standard InChI is InChI=1S/C10H16N2O/c1-3-4-6-11-9-5-7-12-10(8-9)13-2/h5,7-8H,3-4,6H2,1-2H3,(H,11,12). The van der Waals surface area contributed by atoms with E-state index in [1.165, 1.54) is 12.8 Å². The molecular formula is C10H16N2O. The minimum atomic E-state index is 0.654. The maximum absolute atomic E-state index is 5.01. The summed E-state index contributed by atoms with van der Waals surface area (Å²) in [5.74, 6) is 0.654. The Labute approximate surface area is 79.1 Å². The van der Waals surface area contributed by atoms with Crippen LogP contribution in [0.1, 0.15) is 19.8 Å². The number of hydrogen-bond donors (Lipinski definition) is 1. The van der Waals surface area contributed by atoms with Gasteiger partial charge in [-0.1, -0.05) is 13.3 Å². The summed E-state index contributed by atoms with van der Waals surface area (Å²) in [5, 5.41) is 3.30. The van der Waals surface area contributed by atoms with Crippen LogP contribution in [0, 0.1) is 0 Å². The molecule has 13 heavy (non-hydrogen) atoms. The molecule has 0 aliphatic heterocycles. The molecule has 0 aromatic carbocycles. The number of nitrogens with one attached hydrogen (secondary N) is 1. The Kier molecular flexibility index (Phi) is 4.09. The average Bonchev–Trinajstić information content (AvgIpc) is 2.19. The molecule has 3 nitrogen and oxygen atoms in total. The fraction of sp³-hybridized carbons (Fsp3) is 0.500. The first kappa shape index (κ1) is 9.84. The molecule has 0 atom stereocenters. The third-order valence-electron chi connectivity index (χ3n) is 1.80. The van der Waals surface area contributed by atoms with Gasteiger partial charge in [-0.05, 0) is 12.5 Å². The molecule has 0 saturated heterocycles. The third-order valence-corrected chi connectivity index (χ3v) is 1.80. The van der Waals surface area contributed by atoms with Gasteiger partial charge in [0.1, 0.15) is 0 Å². The number of methoxy groups -OCH3 is 1. The molecule has 1 N–H and O–H groups in total. The summed E-state index contributed by atoms with van der Waals surface area (Å²) in [6, 6.07) is 3.84. The van der Waals surface area contributed by atoms with Gasteiger partial charge in [-0.25, -0.2) is 4.98 Å². The van der Waals surface area contributed by atoms with Crippen molar-refractivity contribution in [3.8, 4) is 5.88 Å². The number of aromatic nitrogens is 1. The van der Waals surface area contributed by atoms with Gasteiger partial charge in [0, 0.05) is 24.5 Å². The molecule has 0 unspecified atom stereocenters. The largest absolute Gasteiger partial charge is 0.481 e. The second-order valence-corrected chi connectivity index (χ2v) is 2.87. The van der Waals surface area contributed by atoms with Crippen LogP contribution in [0.4, 0.5) is 5.69 Å². The summed E-state index contributed by atoms with van der Waals surface area (Å²) in [6.07, 6.45) is 4.13. The normalized spacial score (nSPS) is 9.69. The first-order valence-corrected chi connectivity index (χ1v) is 4.60. The van der Waals surface area contributed by atoms with Gasteiger partial charge in [0.25, 0.3) is 0 Å². The van der Waals surface area contributed by atoms with Gasteiger partial charge in [0.05, 0.1) is 7.11 Å². The second-order valence-electron chi connectivity index (χ2n) is 2.87. The zero-order chi connectivity index (χ0) is 9.52. The Balaban J connectivity index is 2.46. The molecule has 0 aliphatic rings. The van der Waals surface area contributed by atoms with Crippen molar-refractivity contribution >= 4 is 5.69 Å². The van der Waals surface area contributed by atoms with Crippen molar-refractivity contribution in [3.05, 3.63) is 18.3 Å². The van der Waals surface area contributed by atoms with Crippen LogP contribution in [0.25, 0.3) is 0 Å². The van der Waals surface area contributed by atoms with Crippen LogP contribution in [-0.4, -0.2) is 18.6 Å². The van der Waals surface area contributed by atoms with Crippen molar-refractivity contribution in [2.24, 2.45) is 0 Å². The van der Waals surface area contributed by atoms with Gasteiger partial charge in [-0.15, -0.1) is 0 Å². The lowest BCUT2D eigenvalue weighted by atomic mass is 10.3. The first-order valence-electron chi connectivity index (χ1n) is 4.60. The van der Waals surface area contributed by atoms with Gasteiger partial charge in [0.2, 0.25) is 5.88 Å². The predicted octanol–water partition coefficient (Wildman–Crippen LogP) is 2.30. The number of nitrogens with zero attached hydrogens (tertiary/aromatic N) is 1. The minimum Gasteiger partial charge on any atom is -0.481 e. The Morgan fingerprint density at radius 3 is 3.08 bits per heavy atom. The van der Waals surface area contributed by atoms with Gasteiger partial charge < -0.3 is 10.1 Å². The molecule has 1 aromatic rings. The highest BCUT2D eigenvalue weighted by Gasteiger charge is 1.94. The number of pyridine rings is 1. The number of unbranched alkanes of at least 4 members (excludes halogenated alkanes) is 1. The van der Waals surface area contributed by atoms with Gasteiger partial charge in [-0.3, -0.25) is 0 Å². The highest BCUT2D eigenvalue weighted by Crippen LogP contribution is 2.12. The smallest absolute Gasteiger partial charge is 0.214 e. The number of rotatable bonds is 5. The molecule has 0 amide bonds. The maximum Gasteiger partial charge on any atom is 0.214 e. The molecule has 3 heteroatoms. The lowest BCUT2D eigenvalue weighted by Gasteiger charge is -2.05. The molecule has 0 spiro atoms. The summed E-state index contributed by atoms with van der Waals surface area (Å²) in [6.45, 7) is 3.18. The fourth-order valence-electron chi connectivity index (χ4n) is 1.04. The lowest BCUT2D eigenvalue weighted by Crippen LogP contribution is -2.01. The lowest BCUT2D eigenvalue weighted by molar-refractivity contribution is 0.398. The number of ether oxygens (including phenoxy) is 1. The molecule has 1 aromatic heterocycles. The van der Waals surface area contributed by atoms with E-state index in [1.807, 2.05) is 12.1 Å². The Morgan fingerprint density at radius 1 is 1.54 bits per heavy atom. The van der Waals surface area contributed by atoms with Crippen LogP contribution in [0.15, 0.2) is 18.3 Å². The average molecular weight is 180 g/mol. The molecule has 0 fully saturated rings. The van der Waals surface area contributed by atoms with E-state index in [9.17, 15) is 0 Å². The molecule has 0 aliphatic carbocycles. The summed E-state index contributed by atoms with van der Waals surface area (Å²) in [4.78, 5) is 4.02. The Hall–Kier alpha value is -1.25. The summed E-state index contributed by atoms with van der Waals surface area (Å²) in [5.41, 5.74) is 1.07. The molecule has 1 heterocycles. The van der Waals surface area contributed by atoms with E-state index in [2.05, 4.69) is 17.2 Å². The molecule has 72 valence electrons. The van der Waals surface area contributed by atoms with Crippen LogP contribution >= 0.6 is 0 Å². The van der Waals surface area contributed by atoms with Gasteiger partial charge >= 0.3 is 0 Å². The quantitative estimate of drug-likeness (QED) is 0.706. The van der Waals surface area contributed by atoms with Crippen molar-refractivity contribution in [1.82, 2.24) is 4.98 Å². The van der Waals surface area contributed by atoms with Crippen molar-refractivity contribution in [2.75, 3.05) is 19.0 Å². The molecule has 0 bridgehead atoms. The van der Waals surface area contributed by atoms with Crippen LogP contribution in [-0.2, 0) is 0 Å². The fourth-order valence-corrected chi connectivity index (χ4v) is 1.04. The van der Waals surface area contributed by atoms with Crippen LogP contribution < -0.4 is 10.1 Å². The summed E-state index contributed by atoms with van der Waals surface area (Å²) < 4.78 is 5.01. The summed E-state index contributed by atoms with van der Waals surface area (Å²) >= 11 is 0. The monoisotopic (exact) mass is 180 g/mol. The van der Waals surface area contributed by atoms with Gasteiger partial charge in [-0.2, -0.15) is 0 Å². The number of hydrogen-bond acceptors (Lipinski definition) is 3. The Bertz CT molecular complexity index is 250. The van der Waals surface area contributed by atoms with E-state index in [1.54, 1.807) is 13.3 Å². The number of anilines is 1. The molecule has 0 radical (unpaired) electrons. The van der Waals surface area contributed by atoms with Crippen molar-refractivity contribution < 1.29 is 4.74 Å². The van der Waals surface area contributed by atoms with Crippen LogP contribution in [0.2, 0.25) is 0 Å². The van der Waals surface area contributed by atoms with Gasteiger partial charge in [0.15, 0.2) is 0 Å². The molecular weight excluding hydrogens is 164 g/mol. The van der Waals surface area contributed by atoms with Crippen LogP contribution in [0.3, 0.4) is 0 Å². The predicted molar refractivity (Wildman–Crippen MR) is 54.2 cm³/mol. The zero-order valence-corrected chi connectivity index (χ0v) is 8.21. The van der Waals surface area contributed by atoms with Crippen molar-refractivity contribution in [1.29, 1.82) is 0 Å². The highest BCUT2D eigenvalue weighted by atomic mass is 16.5. The van der Waals surface area contributed by atoms with Crippen molar-refractivity contribution in [2.45, 2.75) is 19.8 Å². The first-order chi connectivity index (χ1) is 6.36. The van der Waals surface area contributed by atoms with E-state index in [0.717, 1.165) is 12.2 Å². The maximum atomic E-state index is 5.01. The zero-order valence-electron chi connectivity index (χ0n) is 8.21. The van der Waals surface area contributed by atoms with E-state index in [-0.39, 0.29) is 0 Å². The highest BCUT2D eigenvalue weighted by molar-refractivity contribution is 5.44. The van der Waals surface area contributed by atoms with E-state index < -0.39 is 0 Å². The summed E-state index contributed by atoms with van der Waals surface area (Å²) in [7, 11) is 1.62. The Morgan fingerprint density at radius 2 is 2.38 bits per heavy atom.